The summed E-state index contributed by atoms with van der Waals surface area (Å²) in [6, 6.07) is 3.86. The lowest BCUT2D eigenvalue weighted by Gasteiger charge is -2.23. The molecule has 0 amide bonds. The van der Waals surface area contributed by atoms with E-state index in [-0.39, 0.29) is 6.04 Å². The van der Waals surface area contributed by atoms with E-state index in [0.29, 0.717) is 6.54 Å². The van der Waals surface area contributed by atoms with E-state index in [2.05, 4.69) is 17.8 Å². The fourth-order valence-electron chi connectivity index (χ4n) is 1.48. The van der Waals surface area contributed by atoms with Gasteiger partial charge in [0.25, 0.3) is 0 Å². The largest absolute Gasteiger partial charge is 0.345 e. The molecule has 1 atom stereocenters. The number of nitrogens with zero attached hydrogens (tertiary/aromatic N) is 2. The van der Waals surface area contributed by atoms with Crippen molar-refractivity contribution in [3.05, 3.63) is 23.9 Å². The van der Waals surface area contributed by atoms with Gasteiger partial charge >= 0.3 is 0 Å². The fraction of sp³-hybridized carbons (Fsp3) is 0.417. The molecular weight excluding hydrogens is 186 g/mol. The lowest BCUT2D eigenvalue weighted by molar-refractivity contribution is 0.787. The summed E-state index contributed by atoms with van der Waals surface area (Å²) < 4.78 is 0. The Kier molecular flexibility index (Phi) is 4.14. The van der Waals surface area contributed by atoms with Crippen molar-refractivity contribution >= 4 is 5.82 Å². The molecule has 0 fully saturated rings. The maximum atomic E-state index is 5.88. The second-order valence-corrected chi connectivity index (χ2v) is 3.42. The van der Waals surface area contributed by atoms with Crippen LogP contribution in [0.1, 0.15) is 25.5 Å². The van der Waals surface area contributed by atoms with E-state index < -0.39 is 0 Å². The summed E-state index contributed by atoms with van der Waals surface area (Å²) >= 11 is 0. The number of hydrogen-bond donors (Lipinski definition) is 1. The van der Waals surface area contributed by atoms with Crippen molar-refractivity contribution in [3.63, 3.8) is 0 Å². The lowest BCUT2D eigenvalue weighted by Crippen LogP contribution is -2.26. The van der Waals surface area contributed by atoms with Crippen LogP contribution in [-0.4, -0.2) is 18.1 Å². The average Bonchev–Trinajstić information content (AvgIpc) is 2.26. The molecule has 0 saturated heterocycles. The Balaban J connectivity index is 3.06. The molecule has 1 aromatic rings. The monoisotopic (exact) mass is 203 g/mol. The third kappa shape index (κ3) is 2.71. The Labute approximate surface area is 91.3 Å². The van der Waals surface area contributed by atoms with Crippen LogP contribution in [0.3, 0.4) is 0 Å². The number of rotatable bonds is 4. The summed E-state index contributed by atoms with van der Waals surface area (Å²) in [5, 5.41) is 0. The molecular formula is C12H17N3. The molecule has 0 spiro atoms. The van der Waals surface area contributed by atoms with Gasteiger partial charge in [0.05, 0.1) is 6.54 Å². The zero-order valence-corrected chi connectivity index (χ0v) is 9.27. The molecule has 1 unspecified atom stereocenters. The van der Waals surface area contributed by atoms with Crippen molar-refractivity contribution in [2.75, 3.05) is 18.0 Å². The molecule has 15 heavy (non-hydrogen) atoms. The van der Waals surface area contributed by atoms with Crippen molar-refractivity contribution in [3.8, 4) is 12.3 Å². The predicted octanol–water partition coefficient (Wildman–Crippen LogP) is 1.56. The smallest absolute Gasteiger partial charge is 0.134 e. The molecule has 0 aliphatic carbocycles. The summed E-state index contributed by atoms with van der Waals surface area (Å²) in [5.41, 5.74) is 6.92. The van der Waals surface area contributed by atoms with Crippen LogP contribution in [0.5, 0.6) is 0 Å². The van der Waals surface area contributed by atoms with Gasteiger partial charge in [-0.05, 0) is 19.9 Å². The second-order valence-electron chi connectivity index (χ2n) is 3.42. The molecule has 0 bridgehead atoms. The molecule has 1 rings (SSSR count). The highest BCUT2D eigenvalue weighted by molar-refractivity contribution is 5.49. The molecule has 2 N–H and O–H groups in total. The van der Waals surface area contributed by atoms with E-state index >= 15 is 0 Å². The van der Waals surface area contributed by atoms with Crippen LogP contribution in [0.4, 0.5) is 5.82 Å². The Hall–Kier alpha value is -1.53. The van der Waals surface area contributed by atoms with Crippen molar-refractivity contribution in [2.24, 2.45) is 5.73 Å². The predicted molar refractivity (Wildman–Crippen MR) is 63.6 cm³/mol. The van der Waals surface area contributed by atoms with E-state index in [0.717, 1.165) is 17.9 Å². The zero-order chi connectivity index (χ0) is 11.3. The zero-order valence-electron chi connectivity index (χ0n) is 9.27. The van der Waals surface area contributed by atoms with Crippen LogP contribution < -0.4 is 10.6 Å². The second kappa shape index (κ2) is 5.38. The Bertz CT molecular complexity index is 352. The fourth-order valence-corrected chi connectivity index (χ4v) is 1.48. The van der Waals surface area contributed by atoms with Gasteiger partial charge in [0.1, 0.15) is 5.82 Å². The van der Waals surface area contributed by atoms with Crippen LogP contribution in [-0.2, 0) is 0 Å². The van der Waals surface area contributed by atoms with Crippen molar-refractivity contribution in [1.29, 1.82) is 0 Å². The number of nitrogens with two attached hydrogens (primary N) is 1. The Morgan fingerprint density at radius 2 is 2.40 bits per heavy atom. The van der Waals surface area contributed by atoms with Crippen LogP contribution in [0.2, 0.25) is 0 Å². The summed E-state index contributed by atoms with van der Waals surface area (Å²) in [6.07, 6.45) is 7.08. The van der Waals surface area contributed by atoms with Crippen molar-refractivity contribution < 1.29 is 0 Å². The van der Waals surface area contributed by atoms with E-state index in [1.807, 2.05) is 24.0 Å². The highest BCUT2D eigenvalue weighted by Crippen LogP contribution is 2.21. The first-order valence-electron chi connectivity index (χ1n) is 5.09. The van der Waals surface area contributed by atoms with Gasteiger partial charge in [0.2, 0.25) is 0 Å². The Morgan fingerprint density at radius 1 is 1.67 bits per heavy atom. The van der Waals surface area contributed by atoms with E-state index in [4.69, 9.17) is 12.2 Å². The summed E-state index contributed by atoms with van der Waals surface area (Å²) in [4.78, 5) is 6.38. The van der Waals surface area contributed by atoms with Crippen LogP contribution in [0, 0.1) is 12.3 Å². The Morgan fingerprint density at radius 3 is 2.93 bits per heavy atom. The molecule has 3 nitrogen and oxygen atoms in total. The highest BCUT2D eigenvalue weighted by atomic mass is 15.2. The molecule has 0 aromatic carbocycles. The summed E-state index contributed by atoms with van der Waals surface area (Å²) in [5.74, 6) is 3.52. The number of terminal acetylenes is 1. The minimum Gasteiger partial charge on any atom is -0.345 e. The van der Waals surface area contributed by atoms with Crippen LogP contribution in [0.15, 0.2) is 18.3 Å². The highest BCUT2D eigenvalue weighted by Gasteiger charge is 2.12. The number of hydrogen-bond acceptors (Lipinski definition) is 3. The van der Waals surface area contributed by atoms with Gasteiger partial charge in [-0.15, -0.1) is 6.42 Å². The third-order valence-corrected chi connectivity index (χ3v) is 2.27. The van der Waals surface area contributed by atoms with Gasteiger partial charge in [-0.2, -0.15) is 0 Å². The van der Waals surface area contributed by atoms with E-state index in [1.54, 1.807) is 6.20 Å². The molecule has 1 aromatic heterocycles. The summed E-state index contributed by atoms with van der Waals surface area (Å²) in [7, 11) is 0. The van der Waals surface area contributed by atoms with Gasteiger partial charge in [-0.25, -0.2) is 4.98 Å². The molecule has 1 heterocycles. The maximum absolute atomic E-state index is 5.88. The van der Waals surface area contributed by atoms with Gasteiger partial charge < -0.3 is 10.6 Å². The number of aromatic nitrogens is 1. The van der Waals surface area contributed by atoms with E-state index in [1.165, 1.54) is 0 Å². The molecule has 0 saturated carbocycles. The molecule has 3 heteroatoms. The maximum Gasteiger partial charge on any atom is 0.134 e. The van der Waals surface area contributed by atoms with Gasteiger partial charge in [-0.1, -0.05) is 12.0 Å². The number of anilines is 1. The van der Waals surface area contributed by atoms with E-state index in [9.17, 15) is 0 Å². The topological polar surface area (TPSA) is 42.2 Å². The van der Waals surface area contributed by atoms with Crippen LogP contribution >= 0.6 is 0 Å². The minimum atomic E-state index is -0.0273. The SMILES string of the molecule is C#CCN(CC)c1ncccc1C(C)N. The van der Waals surface area contributed by atoms with Crippen molar-refractivity contribution in [1.82, 2.24) is 4.98 Å². The first kappa shape index (κ1) is 11.5. The first-order chi connectivity index (χ1) is 7.20. The number of pyridine rings is 1. The minimum absolute atomic E-state index is 0.0273. The molecule has 0 aliphatic rings. The molecule has 80 valence electrons. The van der Waals surface area contributed by atoms with Gasteiger partial charge in [0, 0.05) is 24.3 Å². The van der Waals surface area contributed by atoms with Gasteiger partial charge in [0.15, 0.2) is 0 Å². The summed E-state index contributed by atoms with van der Waals surface area (Å²) in [6.45, 7) is 5.40. The van der Waals surface area contributed by atoms with Gasteiger partial charge in [-0.3, -0.25) is 0 Å². The third-order valence-electron chi connectivity index (χ3n) is 2.27. The standard InChI is InChI=1S/C12H17N3/c1-4-9-15(5-2)12-11(10(3)13)7-6-8-14-12/h1,6-8,10H,5,9,13H2,2-3H3. The molecule has 0 aliphatic heterocycles. The van der Waals surface area contributed by atoms with Crippen molar-refractivity contribution in [2.45, 2.75) is 19.9 Å². The normalized spacial score (nSPS) is 11.9. The average molecular weight is 203 g/mol. The lowest BCUT2D eigenvalue weighted by atomic mass is 10.1. The quantitative estimate of drug-likeness (QED) is 0.755. The molecule has 0 radical (unpaired) electrons. The first-order valence-corrected chi connectivity index (χ1v) is 5.09. The van der Waals surface area contributed by atoms with Crippen LogP contribution in [0.25, 0.3) is 0 Å².